The minimum atomic E-state index is -0.0827. The molecule has 1 unspecified atom stereocenters. The van der Waals surface area contributed by atoms with Crippen LogP contribution < -0.4 is 0 Å². The molecule has 2 aromatic rings. The maximum Gasteiger partial charge on any atom is 0.257 e. The number of aromatic nitrogens is 3. The van der Waals surface area contributed by atoms with Crippen molar-refractivity contribution in [3.8, 4) is 0 Å². The highest BCUT2D eigenvalue weighted by Gasteiger charge is 2.28. The molecule has 6 nitrogen and oxygen atoms in total. The first-order valence-electron chi connectivity index (χ1n) is 7.35. The van der Waals surface area contributed by atoms with Crippen LogP contribution in [0.15, 0.2) is 12.3 Å². The van der Waals surface area contributed by atoms with E-state index in [-0.39, 0.29) is 18.6 Å². The summed E-state index contributed by atoms with van der Waals surface area (Å²) in [6, 6.07) is 1.80. The Hall–Kier alpha value is -1.95. The van der Waals surface area contributed by atoms with Crippen molar-refractivity contribution >= 4 is 11.6 Å². The van der Waals surface area contributed by atoms with E-state index in [0.29, 0.717) is 12.1 Å². The lowest BCUT2D eigenvalue weighted by Crippen LogP contribution is -2.46. The summed E-state index contributed by atoms with van der Waals surface area (Å²) in [6.45, 7) is 4.50. The van der Waals surface area contributed by atoms with Crippen LogP contribution >= 0.6 is 0 Å². The van der Waals surface area contributed by atoms with E-state index >= 15 is 0 Å². The molecule has 0 aromatic carbocycles. The fraction of sp³-hybridized carbons (Fsp3) is 0.533. The molecule has 1 aliphatic heterocycles. The van der Waals surface area contributed by atoms with Crippen LogP contribution in [0.25, 0.3) is 5.65 Å². The van der Waals surface area contributed by atoms with E-state index in [0.717, 1.165) is 36.3 Å². The van der Waals surface area contributed by atoms with Gasteiger partial charge < -0.3 is 10.0 Å². The largest absolute Gasteiger partial charge is 0.394 e. The Morgan fingerprint density at radius 3 is 3.00 bits per heavy atom. The lowest BCUT2D eigenvalue weighted by Gasteiger charge is -2.34. The molecule has 2 aromatic heterocycles. The molecule has 1 atom stereocenters. The number of rotatable bonds is 2. The maximum absolute atomic E-state index is 12.8. The number of aliphatic hydroxyl groups excluding tert-OH is 1. The quantitative estimate of drug-likeness (QED) is 0.905. The van der Waals surface area contributed by atoms with E-state index in [1.165, 1.54) is 0 Å². The number of hydrogen-bond donors (Lipinski definition) is 1. The second-order valence-electron chi connectivity index (χ2n) is 5.64. The Morgan fingerprint density at radius 2 is 2.24 bits per heavy atom. The van der Waals surface area contributed by atoms with Crippen LogP contribution in [-0.4, -0.2) is 49.7 Å². The number of fused-ring (bicyclic) bond motifs is 1. The summed E-state index contributed by atoms with van der Waals surface area (Å²) in [6.07, 6.45) is 4.52. The normalized spacial score (nSPS) is 19.2. The number of aliphatic hydroxyl groups is 1. The minimum absolute atomic E-state index is 0.0152. The lowest BCUT2D eigenvalue weighted by molar-refractivity contribution is 0.0501. The number of aryl methyl sites for hydroxylation is 2. The highest BCUT2D eigenvalue weighted by atomic mass is 16.3. The Bertz CT molecular complexity index is 680. The Morgan fingerprint density at radius 1 is 1.43 bits per heavy atom. The van der Waals surface area contributed by atoms with Crippen LogP contribution in [0.2, 0.25) is 0 Å². The van der Waals surface area contributed by atoms with Gasteiger partial charge >= 0.3 is 0 Å². The average Bonchev–Trinajstić information content (AvgIpc) is 2.88. The van der Waals surface area contributed by atoms with Gasteiger partial charge in [-0.1, -0.05) is 0 Å². The van der Waals surface area contributed by atoms with Gasteiger partial charge in [0.1, 0.15) is 0 Å². The van der Waals surface area contributed by atoms with Crippen LogP contribution in [0.4, 0.5) is 0 Å². The molecule has 6 heteroatoms. The molecule has 1 aliphatic rings. The highest BCUT2D eigenvalue weighted by molar-refractivity contribution is 5.95. The summed E-state index contributed by atoms with van der Waals surface area (Å²) in [5.74, 6) is -0.0613. The van der Waals surface area contributed by atoms with Gasteiger partial charge in [0.2, 0.25) is 0 Å². The van der Waals surface area contributed by atoms with Gasteiger partial charge in [-0.15, -0.1) is 0 Å². The standard InChI is InChI=1S/C15H20N4O2/c1-10-7-14-16-8-13(11(2)19(14)17-10)15(21)18-6-4-3-5-12(18)9-20/h7-8,12,20H,3-6,9H2,1-2H3. The molecule has 0 saturated carbocycles. The number of hydrogen-bond acceptors (Lipinski definition) is 4. The molecule has 1 fully saturated rings. The smallest absolute Gasteiger partial charge is 0.257 e. The second-order valence-corrected chi connectivity index (χ2v) is 5.64. The SMILES string of the molecule is Cc1cc2ncc(C(=O)N3CCCCC3CO)c(C)n2n1. The summed E-state index contributed by atoms with van der Waals surface area (Å²) >= 11 is 0. The van der Waals surface area contributed by atoms with Crippen molar-refractivity contribution in [1.82, 2.24) is 19.5 Å². The van der Waals surface area contributed by atoms with Crippen LogP contribution in [0.3, 0.4) is 0 Å². The molecule has 1 amide bonds. The molecule has 1 saturated heterocycles. The predicted molar refractivity (Wildman–Crippen MR) is 78.2 cm³/mol. The minimum Gasteiger partial charge on any atom is -0.394 e. The Kier molecular flexibility index (Phi) is 3.63. The van der Waals surface area contributed by atoms with E-state index in [9.17, 15) is 9.90 Å². The van der Waals surface area contributed by atoms with Crippen LogP contribution in [-0.2, 0) is 0 Å². The molecule has 1 N–H and O–H groups in total. The summed E-state index contributed by atoms with van der Waals surface area (Å²) in [4.78, 5) is 18.9. The average molecular weight is 288 g/mol. The van der Waals surface area contributed by atoms with Gasteiger partial charge in [0.05, 0.1) is 29.6 Å². The zero-order valence-corrected chi connectivity index (χ0v) is 12.4. The molecular weight excluding hydrogens is 268 g/mol. The van der Waals surface area contributed by atoms with Crippen molar-refractivity contribution in [2.45, 2.75) is 39.2 Å². The van der Waals surface area contributed by atoms with Crippen LogP contribution in [0.5, 0.6) is 0 Å². The van der Waals surface area contributed by atoms with Gasteiger partial charge in [-0.25, -0.2) is 9.50 Å². The Labute approximate surface area is 123 Å². The molecule has 3 rings (SSSR count). The maximum atomic E-state index is 12.8. The van der Waals surface area contributed by atoms with Gasteiger partial charge in [-0.05, 0) is 33.1 Å². The van der Waals surface area contributed by atoms with E-state index in [1.807, 2.05) is 19.9 Å². The topological polar surface area (TPSA) is 70.7 Å². The molecule has 112 valence electrons. The molecular formula is C15H20N4O2. The van der Waals surface area contributed by atoms with Crippen LogP contribution in [0.1, 0.15) is 41.0 Å². The van der Waals surface area contributed by atoms with Gasteiger partial charge in [0.15, 0.2) is 5.65 Å². The van der Waals surface area contributed by atoms with Crippen molar-refractivity contribution < 1.29 is 9.90 Å². The first-order chi connectivity index (χ1) is 10.1. The third-order valence-electron chi connectivity index (χ3n) is 4.18. The third kappa shape index (κ3) is 2.40. The molecule has 3 heterocycles. The molecule has 21 heavy (non-hydrogen) atoms. The number of carbonyl (C=O) groups is 1. The second kappa shape index (κ2) is 5.44. The van der Waals surface area contributed by atoms with Crippen molar-refractivity contribution in [3.05, 3.63) is 29.2 Å². The number of nitrogens with zero attached hydrogens (tertiary/aromatic N) is 4. The van der Waals surface area contributed by atoms with Gasteiger partial charge in [0.25, 0.3) is 5.91 Å². The van der Waals surface area contributed by atoms with Crippen molar-refractivity contribution in [2.24, 2.45) is 0 Å². The number of carbonyl (C=O) groups excluding carboxylic acids is 1. The molecule has 0 spiro atoms. The third-order valence-corrected chi connectivity index (χ3v) is 4.18. The number of piperidine rings is 1. The zero-order chi connectivity index (χ0) is 15.0. The lowest BCUT2D eigenvalue weighted by atomic mass is 10.0. The van der Waals surface area contributed by atoms with E-state index in [2.05, 4.69) is 10.1 Å². The Balaban J connectivity index is 1.99. The van der Waals surface area contributed by atoms with Gasteiger partial charge in [0, 0.05) is 18.8 Å². The fourth-order valence-electron chi connectivity index (χ4n) is 2.99. The number of likely N-dealkylation sites (tertiary alicyclic amines) is 1. The molecule has 0 bridgehead atoms. The monoisotopic (exact) mass is 288 g/mol. The van der Waals surface area contributed by atoms with Gasteiger partial charge in [-0.3, -0.25) is 4.79 Å². The fourth-order valence-corrected chi connectivity index (χ4v) is 2.99. The summed E-state index contributed by atoms with van der Waals surface area (Å²) in [5, 5.41) is 13.8. The van der Waals surface area contributed by atoms with Crippen molar-refractivity contribution in [3.63, 3.8) is 0 Å². The molecule has 0 aliphatic carbocycles. The van der Waals surface area contributed by atoms with Crippen LogP contribution in [0, 0.1) is 13.8 Å². The first kappa shape index (κ1) is 14.0. The highest BCUT2D eigenvalue weighted by Crippen LogP contribution is 2.21. The van der Waals surface area contributed by atoms with E-state index in [1.54, 1.807) is 15.6 Å². The zero-order valence-electron chi connectivity index (χ0n) is 12.4. The van der Waals surface area contributed by atoms with E-state index < -0.39 is 0 Å². The number of amides is 1. The van der Waals surface area contributed by atoms with Crippen molar-refractivity contribution in [2.75, 3.05) is 13.2 Å². The van der Waals surface area contributed by atoms with E-state index in [4.69, 9.17) is 0 Å². The summed E-state index contributed by atoms with van der Waals surface area (Å²) < 4.78 is 1.71. The molecule has 0 radical (unpaired) electrons. The summed E-state index contributed by atoms with van der Waals surface area (Å²) in [5.41, 5.74) is 2.98. The first-order valence-corrected chi connectivity index (χ1v) is 7.35. The summed E-state index contributed by atoms with van der Waals surface area (Å²) in [7, 11) is 0. The van der Waals surface area contributed by atoms with Gasteiger partial charge in [-0.2, -0.15) is 5.10 Å². The predicted octanol–water partition coefficient (Wildman–Crippen LogP) is 1.33. The van der Waals surface area contributed by atoms with Crippen molar-refractivity contribution in [1.29, 1.82) is 0 Å².